The standard InChI is InChI=1S/C29H34ClN3O4S/c1-4-18-31-29(35)27(5-2)32(20-23-11-7-6-8-12-23)28(34)21-33(25-13-9-10-22(3)19-25)38(36,37)26-16-14-24(30)15-17-26/h6-17,19,27H,4-5,18,20-21H2,1-3H3,(H,31,35)/t27-/m1/s1. The van der Waals surface area contributed by atoms with Crippen molar-refractivity contribution in [2.24, 2.45) is 0 Å². The van der Waals surface area contributed by atoms with Crippen LogP contribution in [0.15, 0.2) is 83.8 Å². The number of rotatable bonds is 12. The Morgan fingerprint density at radius 2 is 1.63 bits per heavy atom. The molecule has 0 aliphatic rings. The number of sulfonamides is 1. The van der Waals surface area contributed by atoms with Crippen LogP contribution in [0.25, 0.3) is 0 Å². The molecule has 202 valence electrons. The van der Waals surface area contributed by atoms with E-state index in [2.05, 4.69) is 5.32 Å². The van der Waals surface area contributed by atoms with E-state index >= 15 is 0 Å². The number of nitrogens with zero attached hydrogens (tertiary/aromatic N) is 2. The second kappa shape index (κ2) is 13.4. The first-order valence-corrected chi connectivity index (χ1v) is 14.4. The highest BCUT2D eigenvalue weighted by atomic mass is 35.5. The van der Waals surface area contributed by atoms with E-state index in [4.69, 9.17) is 11.6 Å². The molecular formula is C29H34ClN3O4S. The molecule has 3 aromatic carbocycles. The minimum absolute atomic E-state index is 0.0125. The van der Waals surface area contributed by atoms with Gasteiger partial charge >= 0.3 is 0 Å². The van der Waals surface area contributed by atoms with Gasteiger partial charge in [0.25, 0.3) is 10.0 Å². The molecule has 7 nitrogen and oxygen atoms in total. The fourth-order valence-corrected chi connectivity index (χ4v) is 5.64. The number of hydrogen-bond donors (Lipinski definition) is 1. The molecule has 38 heavy (non-hydrogen) atoms. The molecule has 0 saturated carbocycles. The second-order valence-corrected chi connectivity index (χ2v) is 11.3. The molecule has 0 spiro atoms. The average molecular weight is 556 g/mol. The van der Waals surface area contributed by atoms with E-state index < -0.39 is 28.5 Å². The minimum atomic E-state index is -4.13. The summed E-state index contributed by atoms with van der Waals surface area (Å²) >= 11 is 5.99. The van der Waals surface area contributed by atoms with Crippen molar-refractivity contribution in [3.05, 3.63) is 95.0 Å². The predicted molar refractivity (Wildman–Crippen MR) is 152 cm³/mol. The molecular weight excluding hydrogens is 522 g/mol. The summed E-state index contributed by atoms with van der Waals surface area (Å²) in [5.74, 6) is -0.743. The van der Waals surface area contributed by atoms with Gasteiger partial charge in [0.1, 0.15) is 12.6 Å². The quantitative estimate of drug-likeness (QED) is 0.334. The molecule has 3 aromatic rings. The summed E-state index contributed by atoms with van der Waals surface area (Å²) in [6, 6.07) is 21.4. The third-order valence-corrected chi connectivity index (χ3v) is 8.14. The summed E-state index contributed by atoms with van der Waals surface area (Å²) in [6.07, 6.45) is 1.14. The van der Waals surface area contributed by atoms with Gasteiger partial charge in [-0.15, -0.1) is 0 Å². The van der Waals surface area contributed by atoms with Gasteiger partial charge in [-0.05, 0) is 67.3 Å². The lowest BCUT2D eigenvalue weighted by atomic mass is 10.1. The summed E-state index contributed by atoms with van der Waals surface area (Å²) in [7, 11) is -4.13. The van der Waals surface area contributed by atoms with E-state index in [9.17, 15) is 18.0 Å². The fraction of sp³-hybridized carbons (Fsp3) is 0.310. The van der Waals surface area contributed by atoms with Crippen LogP contribution < -0.4 is 9.62 Å². The van der Waals surface area contributed by atoms with Crippen molar-refractivity contribution in [3.63, 3.8) is 0 Å². The lowest BCUT2D eigenvalue weighted by Crippen LogP contribution is -2.52. The smallest absolute Gasteiger partial charge is 0.264 e. The van der Waals surface area contributed by atoms with Crippen molar-refractivity contribution < 1.29 is 18.0 Å². The van der Waals surface area contributed by atoms with E-state index in [1.807, 2.05) is 57.2 Å². The molecule has 9 heteroatoms. The summed E-state index contributed by atoms with van der Waals surface area (Å²) in [4.78, 5) is 28.5. The van der Waals surface area contributed by atoms with Gasteiger partial charge in [0.2, 0.25) is 11.8 Å². The summed E-state index contributed by atoms with van der Waals surface area (Å²) in [5, 5.41) is 3.28. The maximum atomic E-state index is 13.9. The van der Waals surface area contributed by atoms with Crippen molar-refractivity contribution in [2.75, 3.05) is 17.4 Å². The van der Waals surface area contributed by atoms with Crippen LogP contribution in [0.1, 0.15) is 37.8 Å². The van der Waals surface area contributed by atoms with Crippen LogP contribution in [0.4, 0.5) is 5.69 Å². The van der Waals surface area contributed by atoms with Gasteiger partial charge in [-0.3, -0.25) is 13.9 Å². The van der Waals surface area contributed by atoms with Crippen molar-refractivity contribution in [2.45, 2.75) is 51.1 Å². The monoisotopic (exact) mass is 555 g/mol. The number of nitrogens with one attached hydrogen (secondary N) is 1. The van der Waals surface area contributed by atoms with Crippen LogP contribution in [-0.2, 0) is 26.2 Å². The van der Waals surface area contributed by atoms with Gasteiger partial charge in [0.15, 0.2) is 0 Å². The normalized spacial score (nSPS) is 12.0. The zero-order valence-corrected chi connectivity index (χ0v) is 23.5. The number of carbonyl (C=O) groups excluding carboxylic acids is 2. The highest BCUT2D eigenvalue weighted by Gasteiger charge is 2.33. The van der Waals surface area contributed by atoms with E-state index in [1.54, 1.807) is 18.2 Å². The minimum Gasteiger partial charge on any atom is -0.354 e. The number of carbonyl (C=O) groups is 2. The Balaban J connectivity index is 2.04. The van der Waals surface area contributed by atoms with Gasteiger partial charge in [-0.25, -0.2) is 8.42 Å². The van der Waals surface area contributed by atoms with E-state index in [0.717, 1.165) is 21.9 Å². The van der Waals surface area contributed by atoms with Gasteiger partial charge in [-0.1, -0.05) is 67.9 Å². The van der Waals surface area contributed by atoms with E-state index in [-0.39, 0.29) is 17.3 Å². The molecule has 0 aromatic heterocycles. The Labute approximate surface area is 230 Å². The van der Waals surface area contributed by atoms with Gasteiger partial charge < -0.3 is 10.2 Å². The van der Waals surface area contributed by atoms with Crippen molar-refractivity contribution >= 4 is 39.1 Å². The number of hydrogen-bond acceptors (Lipinski definition) is 4. The molecule has 1 N–H and O–H groups in total. The second-order valence-electron chi connectivity index (χ2n) is 9.03. The van der Waals surface area contributed by atoms with E-state index in [1.165, 1.54) is 29.2 Å². The first-order valence-electron chi connectivity index (χ1n) is 12.6. The maximum absolute atomic E-state index is 13.9. The Hall–Kier alpha value is -3.36. The van der Waals surface area contributed by atoms with Crippen LogP contribution in [0.3, 0.4) is 0 Å². The van der Waals surface area contributed by atoms with Crippen LogP contribution in [-0.4, -0.2) is 44.3 Å². The lowest BCUT2D eigenvalue weighted by Gasteiger charge is -2.33. The Kier molecular flexibility index (Phi) is 10.3. The molecule has 1 atom stereocenters. The third-order valence-electron chi connectivity index (χ3n) is 6.10. The molecule has 0 unspecified atom stereocenters. The number of halogens is 1. The highest BCUT2D eigenvalue weighted by Crippen LogP contribution is 2.26. The molecule has 0 aliphatic heterocycles. The molecule has 0 bridgehead atoms. The predicted octanol–water partition coefficient (Wildman–Crippen LogP) is 5.18. The van der Waals surface area contributed by atoms with Crippen LogP contribution >= 0.6 is 11.6 Å². The zero-order chi connectivity index (χ0) is 27.7. The van der Waals surface area contributed by atoms with Gasteiger partial charge in [-0.2, -0.15) is 0 Å². The summed E-state index contributed by atoms with van der Waals surface area (Å²) < 4.78 is 28.7. The molecule has 0 saturated heterocycles. The van der Waals surface area contributed by atoms with Crippen LogP contribution in [0.5, 0.6) is 0 Å². The number of aryl methyl sites for hydroxylation is 1. The SMILES string of the molecule is CCCNC(=O)[C@@H](CC)N(Cc1ccccc1)C(=O)CN(c1cccc(C)c1)S(=O)(=O)c1ccc(Cl)cc1. The van der Waals surface area contributed by atoms with Gasteiger partial charge in [0, 0.05) is 18.1 Å². The number of anilines is 1. The zero-order valence-electron chi connectivity index (χ0n) is 21.9. The van der Waals surface area contributed by atoms with Crippen molar-refractivity contribution in [1.29, 1.82) is 0 Å². The molecule has 0 radical (unpaired) electrons. The Bertz CT molecular complexity index is 1330. The molecule has 2 amide bonds. The Morgan fingerprint density at radius 3 is 2.24 bits per heavy atom. The summed E-state index contributed by atoms with van der Waals surface area (Å²) in [6.45, 7) is 5.83. The average Bonchev–Trinajstić information content (AvgIpc) is 2.91. The Morgan fingerprint density at radius 1 is 0.947 bits per heavy atom. The fourth-order valence-electron chi connectivity index (χ4n) is 4.11. The molecule has 0 aliphatic carbocycles. The summed E-state index contributed by atoms with van der Waals surface area (Å²) in [5.41, 5.74) is 2.04. The van der Waals surface area contributed by atoms with Crippen LogP contribution in [0.2, 0.25) is 5.02 Å². The molecule has 3 rings (SSSR count). The lowest BCUT2D eigenvalue weighted by molar-refractivity contribution is -0.140. The number of amides is 2. The first-order chi connectivity index (χ1) is 18.2. The van der Waals surface area contributed by atoms with E-state index in [0.29, 0.717) is 23.7 Å². The number of benzene rings is 3. The van der Waals surface area contributed by atoms with Crippen molar-refractivity contribution in [1.82, 2.24) is 10.2 Å². The topological polar surface area (TPSA) is 86.8 Å². The first kappa shape index (κ1) is 29.2. The maximum Gasteiger partial charge on any atom is 0.264 e. The van der Waals surface area contributed by atoms with Gasteiger partial charge in [0.05, 0.1) is 10.6 Å². The largest absolute Gasteiger partial charge is 0.354 e. The molecule has 0 heterocycles. The van der Waals surface area contributed by atoms with Crippen molar-refractivity contribution in [3.8, 4) is 0 Å². The molecule has 0 fully saturated rings. The van der Waals surface area contributed by atoms with Crippen LogP contribution in [0, 0.1) is 6.92 Å². The third kappa shape index (κ3) is 7.36. The highest BCUT2D eigenvalue weighted by molar-refractivity contribution is 7.92.